The fourth-order valence-corrected chi connectivity index (χ4v) is 3.71. The van der Waals surface area contributed by atoms with Gasteiger partial charge in [-0.25, -0.2) is 9.56 Å². The average Bonchev–Trinajstić information content (AvgIpc) is 2.51. The first-order chi connectivity index (χ1) is 11.0. The highest BCUT2D eigenvalue weighted by Gasteiger charge is 2.26. The third kappa shape index (κ3) is 3.24. The van der Waals surface area contributed by atoms with Crippen molar-refractivity contribution in [3.05, 3.63) is 51.4 Å². The molecule has 0 amide bonds. The van der Waals surface area contributed by atoms with E-state index in [1.807, 2.05) is 31.3 Å². The number of fused-ring (bicyclic) bond motifs is 2. The van der Waals surface area contributed by atoms with Crippen LogP contribution in [0.3, 0.4) is 0 Å². The molecule has 2 aliphatic rings. The van der Waals surface area contributed by atoms with Crippen LogP contribution >= 0.6 is 11.3 Å². The van der Waals surface area contributed by atoms with Crippen molar-refractivity contribution in [2.24, 2.45) is 0 Å². The molecule has 3 rings (SSSR count). The Kier molecular flexibility index (Phi) is 5.48. The Hall–Kier alpha value is -2.09. The van der Waals surface area contributed by atoms with Gasteiger partial charge in [0.15, 0.2) is 0 Å². The molecular weight excluding hydrogens is 348 g/mol. The molecule has 24 heavy (non-hydrogen) atoms. The van der Waals surface area contributed by atoms with E-state index >= 15 is 0 Å². The fourth-order valence-electron chi connectivity index (χ4n) is 2.56. The SMILES string of the molecule is CNCc1ccc2nc3ccc(=[N+](C)C)c([N+](=O)[O-])c-3sc2c1.[Cl-]. The van der Waals surface area contributed by atoms with Crippen molar-refractivity contribution in [3.63, 3.8) is 0 Å². The van der Waals surface area contributed by atoms with Crippen LogP contribution in [0.4, 0.5) is 5.69 Å². The van der Waals surface area contributed by atoms with Crippen LogP contribution in [0.1, 0.15) is 5.56 Å². The van der Waals surface area contributed by atoms with Crippen LogP contribution in [0, 0.1) is 10.1 Å². The summed E-state index contributed by atoms with van der Waals surface area (Å²) in [4.78, 5) is 16.5. The Morgan fingerprint density at radius 2 is 2.00 bits per heavy atom. The predicted molar refractivity (Wildman–Crippen MR) is 92.8 cm³/mol. The molecule has 1 aromatic rings. The van der Waals surface area contributed by atoms with Gasteiger partial charge in [0, 0.05) is 12.6 Å². The maximum absolute atomic E-state index is 11.6. The van der Waals surface area contributed by atoms with Gasteiger partial charge in [-0.15, -0.1) is 11.3 Å². The number of hydrogen-bond acceptors (Lipinski definition) is 5. The van der Waals surface area contributed by atoms with Gasteiger partial charge in [0.2, 0.25) is 0 Å². The summed E-state index contributed by atoms with van der Waals surface area (Å²) in [5.41, 5.74) is 2.75. The number of nitro groups is 1. The molecule has 1 aromatic carbocycles. The molecule has 0 saturated heterocycles. The summed E-state index contributed by atoms with van der Waals surface area (Å²) < 4.78 is 2.70. The number of aromatic nitrogens is 1. The van der Waals surface area contributed by atoms with E-state index in [0.717, 1.165) is 22.3 Å². The third-order valence-corrected chi connectivity index (χ3v) is 4.77. The van der Waals surface area contributed by atoms with Crippen molar-refractivity contribution >= 4 is 27.2 Å². The largest absolute Gasteiger partial charge is 1.00 e. The van der Waals surface area contributed by atoms with Crippen molar-refractivity contribution in [1.29, 1.82) is 0 Å². The summed E-state index contributed by atoms with van der Waals surface area (Å²) in [6, 6.07) is 9.61. The number of nitrogens with zero attached hydrogens (tertiary/aromatic N) is 3. The van der Waals surface area contributed by atoms with Gasteiger partial charge in [-0.1, -0.05) is 6.07 Å². The summed E-state index contributed by atoms with van der Waals surface area (Å²) in [7, 11) is 5.50. The maximum atomic E-state index is 11.6. The molecule has 0 aromatic heterocycles. The predicted octanol–water partition coefficient (Wildman–Crippen LogP) is -0.935. The molecular formula is C16H17ClN4O2S. The lowest BCUT2D eigenvalue weighted by Gasteiger charge is -2.08. The third-order valence-electron chi connectivity index (χ3n) is 3.61. The van der Waals surface area contributed by atoms with Crippen LogP contribution < -0.4 is 27.7 Å². The standard InChI is InChI=1S/C16H17N4O2S.ClH/c1-17-9-10-4-5-11-14(8-10)23-16-12(18-11)6-7-13(19(2)3)15(16)20(21)22;/h4-8,17H,9H2,1-3H3;1H/q+1;/p-1. The molecule has 1 aliphatic carbocycles. The van der Waals surface area contributed by atoms with Gasteiger partial charge in [-0.05, 0) is 30.8 Å². The molecule has 0 bridgehead atoms. The Bertz CT molecular complexity index is 951. The van der Waals surface area contributed by atoms with Gasteiger partial charge in [-0.2, -0.15) is 0 Å². The summed E-state index contributed by atoms with van der Waals surface area (Å²) in [5, 5.41) is 15.3. The zero-order chi connectivity index (χ0) is 16.6. The molecule has 126 valence electrons. The molecule has 0 saturated carbocycles. The quantitative estimate of drug-likeness (QED) is 0.282. The van der Waals surface area contributed by atoms with Crippen molar-refractivity contribution in [2.45, 2.75) is 6.54 Å². The molecule has 0 spiro atoms. The van der Waals surface area contributed by atoms with E-state index in [1.54, 1.807) is 24.7 Å². The summed E-state index contributed by atoms with van der Waals surface area (Å²) in [5.74, 6) is 0. The monoisotopic (exact) mass is 364 g/mol. The molecule has 1 N–H and O–H groups in total. The Balaban J connectivity index is 0.00000208. The van der Waals surface area contributed by atoms with Crippen LogP contribution in [0.15, 0.2) is 30.3 Å². The van der Waals surface area contributed by atoms with Crippen molar-refractivity contribution < 1.29 is 17.3 Å². The van der Waals surface area contributed by atoms with Crippen LogP contribution in [0.5, 0.6) is 0 Å². The molecule has 1 heterocycles. The molecule has 1 aliphatic heterocycles. The van der Waals surface area contributed by atoms with Gasteiger partial charge in [0.1, 0.15) is 19.0 Å². The minimum Gasteiger partial charge on any atom is -1.00 e. The number of nitro benzene ring substituents is 1. The van der Waals surface area contributed by atoms with E-state index in [1.165, 1.54) is 11.3 Å². The van der Waals surface area contributed by atoms with Gasteiger partial charge in [0.25, 0.3) is 5.36 Å². The number of rotatable bonds is 3. The number of nitrogens with one attached hydrogen (secondary N) is 1. The highest BCUT2D eigenvalue weighted by molar-refractivity contribution is 7.21. The molecule has 0 fully saturated rings. The number of benzene rings is 2. The summed E-state index contributed by atoms with van der Waals surface area (Å²) >= 11 is 1.42. The fraction of sp³-hybridized carbons (Fsp3) is 0.250. The second-order valence-corrected chi connectivity index (χ2v) is 6.53. The van der Waals surface area contributed by atoms with Gasteiger partial charge in [0.05, 0.1) is 20.8 Å². The minimum atomic E-state index is -0.320. The lowest BCUT2D eigenvalue weighted by atomic mass is 10.2. The van der Waals surface area contributed by atoms with E-state index in [2.05, 4.69) is 10.3 Å². The number of halogens is 1. The first-order valence-corrected chi connectivity index (χ1v) is 7.98. The van der Waals surface area contributed by atoms with E-state index in [4.69, 9.17) is 0 Å². The average molecular weight is 365 g/mol. The van der Waals surface area contributed by atoms with Gasteiger partial charge < -0.3 is 17.7 Å². The van der Waals surface area contributed by atoms with Crippen LogP contribution in [0.2, 0.25) is 0 Å². The lowest BCUT2D eigenvalue weighted by Crippen LogP contribution is -3.00. The zero-order valence-electron chi connectivity index (χ0n) is 13.5. The van der Waals surface area contributed by atoms with Gasteiger partial charge in [-0.3, -0.25) is 10.1 Å². The second kappa shape index (κ2) is 7.21. The molecule has 0 atom stereocenters. The van der Waals surface area contributed by atoms with Crippen molar-refractivity contribution in [3.8, 4) is 10.6 Å². The maximum Gasteiger partial charge on any atom is 0.358 e. The zero-order valence-corrected chi connectivity index (χ0v) is 15.1. The van der Waals surface area contributed by atoms with E-state index in [0.29, 0.717) is 15.9 Å². The highest BCUT2D eigenvalue weighted by Crippen LogP contribution is 2.35. The second-order valence-electron chi connectivity index (χ2n) is 5.48. The highest BCUT2D eigenvalue weighted by atomic mass is 35.5. The molecule has 0 unspecified atom stereocenters. The Morgan fingerprint density at radius 3 is 2.62 bits per heavy atom. The van der Waals surface area contributed by atoms with Crippen LogP contribution in [-0.2, 0) is 6.54 Å². The van der Waals surface area contributed by atoms with E-state index < -0.39 is 0 Å². The lowest BCUT2D eigenvalue weighted by molar-refractivity contribution is -0.385. The number of hydrogen-bond donors (Lipinski definition) is 1. The van der Waals surface area contributed by atoms with Crippen molar-refractivity contribution in [2.75, 3.05) is 21.1 Å². The van der Waals surface area contributed by atoms with Crippen LogP contribution in [-0.4, -0.2) is 31.1 Å². The first-order valence-electron chi connectivity index (χ1n) is 7.17. The van der Waals surface area contributed by atoms with E-state index in [9.17, 15) is 10.1 Å². The summed E-state index contributed by atoms with van der Waals surface area (Å²) in [6.45, 7) is 0.751. The smallest absolute Gasteiger partial charge is 0.358 e. The van der Waals surface area contributed by atoms with Gasteiger partial charge >= 0.3 is 5.69 Å². The summed E-state index contributed by atoms with van der Waals surface area (Å²) in [6.07, 6.45) is 0. The Morgan fingerprint density at radius 1 is 1.25 bits per heavy atom. The van der Waals surface area contributed by atoms with E-state index in [-0.39, 0.29) is 23.0 Å². The first kappa shape index (κ1) is 18.3. The topological polar surface area (TPSA) is 71.1 Å². The van der Waals surface area contributed by atoms with Crippen LogP contribution in [0.25, 0.3) is 20.8 Å². The Labute approximate surface area is 149 Å². The normalized spacial score (nSPS) is 10.6. The molecule has 0 radical (unpaired) electrons. The van der Waals surface area contributed by atoms with Crippen molar-refractivity contribution in [1.82, 2.24) is 14.9 Å². The molecule has 6 nitrogen and oxygen atoms in total. The minimum absolute atomic E-state index is 0. The molecule has 8 heteroatoms.